The van der Waals surface area contributed by atoms with Crippen molar-refractivity contribution in [2.45, 2.75) is 13.5 Å². The molecule has 0 unspecified atom stereocenters. The summed E-state index contributed by atoms with van der Waals surface area (Å²) in [5, 5.41) is 13.4. The van der Waals surface area contributed by atoms with Gasteiger partial charge in [-0.15, -0.1) is 10.2 Å². The van der Waals surface area contributed by atoms with Gasteiger partial charge in [0.1, 0.15) is 0 Å². The van der Waals surface area contributed by atoms with Crippen LogP contribution in [0, 0.1) is 6.92 Å². The molecule has 8 heteroatoms. The van der Waals surface area contributed by atoms with E-state index in [0.29, 0.717) is 17.5 Å². The van der Waals surface area contributed by atoms with Crippen LogP contribution < -0.4 is 4.90 Å². The van der Waals surface area contributed by atoms with Crippen LogP contribution in [0.5, 0.6) is 0 Å². The molecule has 1 saturated heterocycles. The van der Waals surface area contributed by atoms with Gasteiger partial charge in [0.15, 0.2) is 11.6 Å². The van der Waals surface area contributed by atoms with Crippen molar-refractivity contribution in [1.82, 2.24) is 25.2 Å². The molecule has 0 amide bonds. The number of rotatable bonds is 4. The number of aromatic nitrogens is 4. The topological polar surface area (TPSA) is 71.2 Å². The average Bonchev–Trinajstić information content (AvgIpc) is 3.08. The number of anilines is 1. The van der Waals surface area contributed by atoms with Gasteiger partial charge in [-0.1, -0.05) is 28.9 Å². The highest BCUT2D eigenvalue weighted by Crippen LogP contribution is 2.21. The fraction of sp³-hybridized carbons (Fsp3) is 0.333. The Morgan fingerprint density at radius 1 is 1.00 bits per heavy atom. The maximum absolute atomic E-state index is 5.93. The van der Waals surface area contributed by atoms with Crippen molar-refractivity contribution in [2.24, 2.45) is 0 Å². The fourth-order valence-corrected chi connectivity index (χ4v) is 3.14. The molecule has 4 rings (SSSR count). The Morgan fingerprint density at radius 2 is 1.77 bits per heavy atom. The number of hydrogen-bond donors (Lipinski definition) is 0. The van der Waals surface area contributed by atoms with Crippen LogP contribution >= 0.6 is 11.6 Å². The molecule has 1 fully saturated rings. The molecular weight excluding hydrogens is 352 g/mol. The zero-order valence-corrected chi connectivity index (χ0v) is 15.2. The van der Waals surface area contributed by atoms with Gasteiger partial charge in [-0.3, -0.25) is 4.90 Å². The van der Waals surface area contributed by atoms with Crippen LogP contribution in [0.3, 0.4) is 0 Å². The van der Waals surface area contributed by atoms with Crippen LogP contribution in [0.1, 0.15) is 11.7 Å². The lowest BCUT2D eigenvalue weighted by atomic mass is 10.1. The van der Waals surface area contributed by atoms with Gasteiger partial charge in [-0.2, -0.15) is 4.98 Å². The van der Waals surface area contributed by atoms with Gasteiger partial charge in [-0.05, 0) is 24.3 Å². The van der Waals surface area contributed by atoms with E-state index in [9.17, 15) is 0 Å². The summed E-state index contributed by atoms with van der Waals surface area (Å²) in [4.78, 5) is 8.82. The maximum atomic E-state index is 5.93. The third kappa shape index (κ3) is 3.84. The van der Waals surface area contributed by atoms with Crippen LogP contribution in [0.2, 0.25) is 5.02 Å². The van der Waals surface area contributed by atoms with Gasteiger partial charge in [0, 0.05) is 43.7 Å². The lowest BCUT2D eigenvalue weighted by Gasteiger charge is -2.34. The summed E-state index contributed by atoms with van der Waals surface area (Å²) in [5.41, 5.74) is 1.85. The Kier molecular flexibility index (Phi) is 4.81. The van der Waals surface area contributed by atoms with Gasteiger partial charge in [0.2, 0.25) is 5.89 Å². The number of nitrogens with zero attached hydrogens (tertiary/aromatic N) is 6. The van der Waals surface area contributed by atoms with Crippen molar-refractivity contribution < 1.29 is 4.52 Å². The molecule has 134 valence electrons. The zero-order chi connectivity index (χ0) is 17.9. The third-order valence-corrected chi connectivity index (χ3v) is 4.67. The highest BCUT2D eigenvalue weighted by atomic mass is 35.5. The molecule has 7 nitrogen and oxygen atoms in total. The van der Waals surface area contributed by atoms with Crippen molar-refractivity contribution in [3.05, 3.63) is 53.1 Å². The van der Waals surface area contributed by atoms with Gasteiger partial charge in [0.05, 0.1) is 12.2 Å². The summed E-state index contributed by atoms with van der Waals surface area (Å²) in [6, 6.07) is 11.6. The monoisotopic (exact) mass is 370 g/mol. The van der Waals surface area contributed by atoms with E-state index in [-0.39, 0.29) is 0 Å². The minimum atomic E-state index is 0.606. The first-order valence-electron chi connectivity index (χ1n) is 8.53. The van der Waals surface area contributed by atoms with Crippen LogP contribution in [-0.4, -0.2) is 51.4 Å². The molecule has 3 aromatic rings. The number of benzene rings is 1. The lowest BCUT2D eigenvalue weighted by molar-refractivity contribution is 0.239. The molecule has 3 heterocycles. The molecule has 1 aliphatic rings. The predicted molar refractivity (Wildman–Crippen MR) is 99.0 cm³/mol. The first kappa shape index (κ1) is 16.9. The highest BCUT2D eigenvalue weighted by molar-refractivity contribution is 6.30. The van der Waals surface area contributed by atoms with E-state index in [1.165, 1.54) is 0 Å². The molecule has 0 bridgehead atoms. The second kappa shape index (κ2) is 7.39. The number of hydrogen-bond acceptors (Lipinski definition) is 7. The van der Waals surface area contributed by atoms with E-state index in [0.717, 1.165) is 49.1 Å². The van der Waals surface area contributed by atoms with E-state index in [1.807, 2.05) is 36.4 Å². The lowest BCUT2D eigenvalue weighted by Crippen LogP contribution is -2.46. The van der Waals surface area contributed by atoms with Crippen LogP contribution in [0.4, 0.5) is 5.82 Å². The smallest absolute Gasteiger partial charge is 0.223 e. The summed E-state index contributed by atoms with van der Waals surface area (Å²) in [7, 11) is 0. The second-order valence-corrected chi connectivity index (χ2v) is 6.71. The number of halogens is 1. The van der Waals surface area contributed by atoms with Crippen molar-refractivity contribution in [1.29, 1.82) is 0 Å². The van der Waals surface area contributed by atoms with E-state index in [1.54, 1.807) is 6.92 Å². The van der Waals surface area contributed by atoms with E-state index < -0.39 is 0 Å². The van der Waals surface area contributed by atoms with Crippen LogP contribution in [0.25, 0.3) is 11.3 Å². The van der Waals surface area contributed by atoms with Crippen molar-refractivity contribution in [3.8, 4) is 11.3 Å². The first-order chi connectivity index (χ1) is 12.7. The molecule has 0 atom stereocenters. The Morgan fingerprint density at radius 3 is 2.38 bits per heavy atom. The van der Waals surface area contributed by atoms with Gasteiger partial charge in [0.25, 0.3) is 0 Å². The SMILES string of the molecule is Cc1nc(CN2CCN(c3ccc(-c4ccc(Cl)cc4)nn3)CC2)no1. The molecule has 1 aromatic carbocycles. The maximum Gasteiger partial charge on any atom is 0.223 e. The minimum absolute atomic E-state index is 0.606. The number of piperazine rings is 1. The molecule has 0 saturated carbocycles. The third-order valence-electron chi connectivity index (χ3n) is 4.42. The van der Waals surface area contributed by atoms with Gasteiger partial charge >= 0.3 is 0 Å². The summed E-state index contributed by atoms with van der Waals surface area (Å²) >= 11 is 5.93. The van der Waals surface area contributed by atoms with E-state index in [2.05, 4.69) is 30.1 Å². The average molecular weight is 371 g/mol. The van der Waals surface area contributed by atoms with Crippen molar-refractivity contribution >= 4 is 17.4 Å². The fourth-order valence-electron chi connectivity index (χ4n) is 3.01. The zero-order valence-electron chi connectivity index (χ0n) is 14.5. The molecule has 0 radical (unpaired) electrons. The molecule has 1 aliphatic heterocycles. The summed E-state index contributed by atoms with van der Waals surface area (Å²) in [6.07, 6.45) is 0. The Bertz CT molecular complexity index is 856. The molecule has 26 heavy (non-hydrogen) atoms. The summed E-state index contributed by atoms with van der Waals surface area (Å²) in [5.74, 6) is 2.25. The van der Waals surface area contributed by atoms with E-state index >= 15 is 0 Å². The van der Waals surface area contributed by atoms with Crippen molar-refractivity contribution in [3.63, 3.8) is 0 Å². The Hall–Kier alpha value is -2.51. The predicted octanol–water partition coefficient (Wildman–Crippen LogP) is 2.81. The minimum Gasteiger partial charge on any atom is -0.353 e. The molecule has 0 aliphatic carbocycles. The normalized spacial score (nSPS) is 15.4. The van der Waals surface area contributed by atoms with E-state index in [4.69, 9.17) is 16.1 Å². The van der Waals surface area contributed by atoms with Gasteiger partial charge < -0.3 is 9.42 Å². The second-order valence-electron chi connectivity index (χ2n) is 6.28. The van der Waals surface area contributed by atoms with Gasteiger partial charge in [-0.25, -0.2) is 0 Å². The van der Waals surface area contributed by atoms with Crippen molar-refractivity contribution in [2.75, 3.05) is 31.1 Å². The Labute approximate surface area is 156 Å². The Balaban J connectivity index is 1.36. The standard InChI is InChI=1S/C18H19ClN6O/c1-13-20-17(23-26-13)12-24-8-10-25(11-9-24)18-7-6-16(21-22-18)14-2-4-15(19)5-3-14/h2-7H,8-12H2,1H3. The quantitative estimate of drug-likeness (QED) is 0.699. The molecule has 2 aromatic heterocycles. The highest BCUT2D eigenvalue weighted by Gasteiger charge is 2.20. The first-order valence-corrected chi connectivity index (χ1v) is 8.91. The van der Waals surface area contributed by atoms with Crippen LogP contribution in [0.15, 0.2) is 40.9 Å². The van der Waals surface area contributed by atoms with Crippen LogP contribution in [-0.2, 0) is 6.54 Å². The summed E-state index contributed by atoms with van der Waals surface area (Å²) in [6.45, 7) is 6.16. The number of aryl methyl sites for hydroxylation is 1. The largest absolute Gasteiger partial charge is 0.353 e. The molecular formula is C18H19ClN6O. The molecule has 0 N–H and O–H groups in total. The summed E-state index contributed by atoms with van der Waals surface area (Å²) < 4.78 is 5.03. The molecule has 0 spiro atoms.